The van der Waals surface area contributed by atoms with Crippen LogP contribution in [0.25, 0.3) is 11.0 Å². The summed E-state index contributed by atoms with van der Waals surface area (Å²) in [5, 5.41) is 9.93. The Morgan fingerprint density at radius 2 is 2.10 bits per heavy atom. The molecule has 1 aromatic carbocycles. The standard InChI is InChI=1S/C13H10F2N4O/c14-13(15)20-9-4-1-3-8(7-9)17-12-11-10(18-19-12)5-2-6-16-11/h1-7,13H,(H2,17,18,19). The van der Waals surface area contributed by atoms with Crippen LogP contribution in [-0.2, 0) is 0 Å². The molecule has 0 amide bonds. The maximum atomic E-state index is 12.2. The molecule has 0 aliphatic heterocycles. The van der Waals surface area contributed by atoms with Gasteiger partial charge in [-0.2, -0.15) is 13.9 Å². The molecular weight excluding hydrogens is 266 g/mol. The molecule has 0 atom stereocenters. The summed E-state index contributed by atoms with van der Waals surface area (Å²) in [7, 11) is 0. The van der Waals surface area contributed by atoms with Crippen molar-refractivity contribution in [1.29, 1.82) is 0 Å². The van der Waals surface area contributed by atoms with Crippen LogP contribution in [0.15, 0.2) is 42.6 Å². The van der Waals surface area contributed by atoms with E-state index in [0.29, 0.717) is 17.0 Å². The lowest BCUT2D eigenvalue weighted by Crippen LogP contribution is -2.02. The highest BCUT2D eigenvalue weighted by molar-refractivity contribution is 5.87. The molecule has 3 aromatic rings. The second-order valence-corrected chi connectivity index (χ2v) is 4.00. The molecule has 102 valence electrons. The number of H-pyrrole nitrogens is 1. The first-order chi connectivity index (χ1) is 9.72. The number of anilines is 2. The highest BCUT2D eigenvalue weighted by Crippen LogP contribution is 2.25. The summed E-state index contributed by atoms with van der Waals surface area (Å²) in [6.07, 6.45) is 1.65. The average Bonchev–Trinajstić information content (AvgIpc) is 2.82. The number of aromatic nitrogens is 3. The molecule has 0 unspecified atom stereocenters. The van der Waals surface area contributed by atoms with Crippen LogP contribution in [0.3, 0.4) is 0 Å². The predicted molar refractivity (Wildman–Crippen MR) is 70.2 cm³/mol. The first kappa shape index (κ1) is 12.3. The van der Waals surface area contributed by atoms with Gasteiger partial charge in [-0.1, -0.05) is 6.07 Å². The average molecular weight is 276 g/mol. The Labute approximate surface area is 112 Å². The molecule has 0 bridgehead atoms. The van der Waals surface area contributed by atoms with E-state index in [0.717, 1.165) is 5.52 Å². The van der Waals surface area contributed by atoms with Crippen molar-refractivity contribution >= 4 is 22.5 Å². The van der Waals surface area contributed by atoms with Gasteiger partial charge >= 0.3 is 6.61 Å². The van der Waals surface area contributed by atoms with Crippen molar-refractivity contribution < 1.29 is 13.5 Å². The lowest BCUT2D eigenvalue weighted by atomic mass is 10.3. The number of rotatable bonds is 4. The van der Waals surface area contributed by atoms with Crippen LogP contribution in [0.2, 0.25) is 0 Å². The number of benzene rings is 1. The van der Waals surface area contributed by atoms with Crippen LogP contribution in [-0.4, -0.2) is 21.8 Å². The minimum absolute atomic E-state index is 0.0813. The zero-order valence-corrected chi connectivity index (χ0v) is 10.2. The fourth-order valence-corrected chi connectivity index (χ4v) is 1.83. The number of pyridine rings is 1. The van der Waals surface area contributed by atoms with E-state index in [1.165, 1.54) is 12.1 Å². The third kappa shape index (κ3) is 2.51. The van der Waals surface area contributed by atoms with Gasteiger partial charge in [0.05, 0.1) is 5.52 Å². The molecule has 0 aliphatic rings. The fourth-order valence-electron chi connectivity index (χ4n) is 1.83. The van der Waals surface area contributed by atoms with E-state index >= 15 is 0 Å². The number of alkyl halides is 2. The van der Waals surface area contributed by atoms with Gasteiger partial charge in [0.25, 0.3) is 0 Å². The quantitative estimate of drug-likeness (QED) is 0.767. The van der Waals surface area contributed by atoms with E-state index in [1.807, 2.05) is 6.07 Å². The zero-order chi connectivity index (χ0) is 13.9. The summed E-state index contributed by atoms with van der Waals surface area (Å²) in [6.45, 7) is -2.85. The number of nitrogens with zero attached hydrogens (tertiary/aromatic N) is 2. The molecule has 0 spiro atoms. The SMILES string of the molecule is FC(F)Oc1cccc(Nc2n[nH]c3cccnc23)c1. The lowest BCUT2D eigenvalue weighted by Gasteiger charge is -2.07. The van der Waals surface area contributed by atoms with Crippen LogP contribution in [0.1, 0.15) is 0 Å². The summed E-state index contributed by atoms with van der Waals surface area (Å²) in [4.78, 5) is 4.20. The number of ether oxygens (including phenoxy) is 1. The van der Waals surface area contributed by atoms with Gasteiger partial charge in [-0.25, -0.2) is 0 Å². The van der Waals surface area contributed by atoms with Gasteiger partial charge in [-0.15, -0.1) is 0 Å². The maximum absolute atomic E-state index is 12.2. The van der Waals surface area contributed by atoms with Crippen molar-refractivity contribution in [3.63, 3.8) is 0 Å². The highest BCUT2D eigenvalue weighted by Gasteiger charge is 2.08. The van der Waals surface area contributed by atoms with Gasteiger partial charge in [-0.3, -0.25) is 10.1 Å². The monoisotopic (exact) mass is 276 g/mol. The smallest absolute Gasteiger partial charge is 0.387 e. The summed E-state index contributed by atoms with van der Waals surface area (Å²) in [5.41, 5.74) is 2.05. The van der Waals surface area contributed by atoms with Gasteiger partial charge in [0.2, 0.25) is 0 Å². The van der Waals surface area contributed by atoms with Gasteiger partial charge in [0.15, 0.2) is 5.82 Å². The Kier molecular flexibility index (Phi) is 3.16. The molecule has 2 aromatic heterocycles. The Morgan fingerprint density at radius 3 is 2.95 bits per heavy atom. The molecule has 0 saturated carbocycles. The van der Waals surface area contributed by atoms with Crippen LogP contribution < -0.4 is 10.1 Å². The largest absolute Gasteiger partial charge is 0.435 e. The molecule has 2 N–H and O–H groups in total. The zero-order valence-electron chi connectivity index (χ0n) is 10.2. The number of halogens is 2. The topological polar surface area (TPSA) is 62.8 Å². The second-order valence-electron chi connectivity index (χ2n) is 4.00. The van der Waals surface area contributed by atoms with E-state index in [4.69, 9.17) is 0 Å². The Hall–Kier alpha value is -2.70. The highest BCUT2D eigenvalue weighted by atomic mass is 19.3. The molecule has 0 aliphatic carbocycles. The van der Waals surface area contributed by atoms with E-state index in [2.05, 4.69) is 25.2 Å². The Bertz CT molecular complexity index is 729. The maximum Gasteiger partial charge on any atom is 0.387 e. The van der Waals surface area contributed by atoms with Crippen LogP contribution in [0.4, 0.5) is 20.3 Å². The second kappa shape index (κ2) is 5.12. The number of hydrogen-bond donors (Lipinski definition) is 2. The van der Waals surface area contributed by atoms with E-state index in [9.17, 15) is 8.78 Å². The molecule has 3 rings (SSSR count). The van der Waals surface area contributed by atoms with Crippen molar-refractivity contribution in [2.24, 2.45) is 0 Å². The minimum atomic E-state index is -2.85. The molecule has 2 heterocycles. The molecular formula is C13H10F2N4O. The Balaban J connectivity index is 1.87. The fraction of sp³-hybridized carbons (Fsp3) is 0.0769. The number of nitrogens with one attached hydrogen (secondary N) is 2. The molecule has 20 heavy (non-hydrogen) atoms. The summed E-state index contributed by atoms with van der Waals surface area (Å²) in [5.74, 6) is 0.604. The molecule has 7 heteroatoms. The van der Waals surface area contributed by atoms with Gasteiger partial charge < -0.3 is 10.1 Å². The number of hydrogen-bond acceptors (Lipinski definition) is 4. The van der Waals surface area contributed by atoms with Crippen LogP contribution in [0, 0.1) is 0 Å². The number of fused-ring (bicyclic) bond motifs is 1. The minimum Gasteiger partial charge on any atom is -0.435 e. The van der Waals surface area contributed by atoms with Crippen LogP contribution in [0.5, 0.6) is 5.75 Å². The van der Waals surface area contributed by atoms with Crippen molar-refractivity contribution in [2.75, 3.05) is 5.32 Å². The lowest BCUT2D eigenvalue weighted by molar-refractivity contribution is -0.0497. The first-order valence-electron chi connectivity index (χ1n) is 5.83. The van der Waals surface area contributed by atoms with E-state index < -0.39 is 6.61 Å². The van der Waals surface area contributed by atoms with Gasteiger partial charge in [0, 0.05) is 18.0 Å². The molecule has 5 nitrogen and oxygen atoms in total. The molecule has 0 radical (unpaired) electrons. The molecule has 0 fully saturated rings. The van der Waals surface area contributed by atoms with Crippen molar-refractivity contribution in [1.82, 2.24) is 15.2 Å². The van der Waals surface area contributed by atoms with Crippen molar-refractivity contribution in [2.45, 2.75) is 6.61 Å². The third-order valence-electron chi connectivity index (χ3n) is 2.64. The van der Waals surface area contributed by atoms with Crippen LogP contribution >= 0.6 is 0 Å². The summed E-state index contributed by atoms with van der Waals surface area (Å²) in [6, 6.07) is 9.90. The van der Waals surface area contributed by atoms with Crippen molar-refractivity contribution in [3.8, 4) is 5.75 Å². The number of aromatic amines is 1. The van der Waals surface area contributed by atoms with Gasteiger partial charge in [-0.05, 0) is 24.3 Å². The normalized spacial score (nSPS) is 10.9. The van der Waals surface area contributed by atoms with E-state index in [-0.39, 0.29) is 5.75 Å². The first-order valence-corrected chi connectivity index (χ1v) is 5.83. The van der Waals surface area contributed by atoms with E-state index in [1.54, 1.807) is 24.4 Å². The summed E-state index contributed by atoms with van der Waals surface area (Å²) < 4.78 is 28.7. The van der Waals surface area contributed by atoms with Gasteiger partial charge in [0.1, 0.15) is 11.3 Å². The third-order valence-corrected chi connectivity index (χ3v) is 2.64. The predicted octanol–water partition coefficient (Wildman–Crippen LogP) is 3.30. The Morgan fingerprint density at radius 1 is 1.20 bits per heavy atom. The summed E-state index contributed by atoms with van der Waals surface area (Å²) >= 11 is 0. The molecule has 0 saturated heterocycles. The van der Waals surface area contributed by atoms with Crippen molar-refractivity contribution in [3.05, 3.63) is 42.6 Å².